The van der Waals surface area contributed by atoms with Crippen molar-refractivity contribution in [1.82, 2.24) is 4.98 Å². The molecule has 0 aliphatic heterocycles. The number of anilines is 2. The van der Waals surface area contributed by atoms with Crippen LogP contribution < -0.4 is 10.6 Å². The smallest absolute Gasteiger partial charge is 0.258 e. The molecule has 0 radical (unpaired) electrons. The first-order valence-electron chi connectivity index (χ1n) is 10.2. The predicted molar refractivity (Wildman–Crippen MR) is 137 cm³/mol. The highest BCUT2D eigenvalue weighted by molar-refractivity contribution is 8.00. The average molecular weight is 512 g/mol. The maximum Gasteiger partial charge on any atom is 0.258 e. The third kappa shape index (κ3) is 5.83. The molecule has 1 unspecified atom stereocenters. The number of thioether (sulfide) groups is 1. The van der Waals surface area contributed by atoms with Gasteiger partial charge in [0.2, 0.25) is 5.91 Å². The van der Waals surface area contributed by atoms with E-state index in [9.17, 15) is 14.0 Å². The zero-order valence-corrected chi connectivity index (χ0v) is 20.3. The van der Waals surface area contributed by atoms with Gasteiger partial charge in [0.1, 0.15) is 5.82 Å². The van der Waals surface area contributed by atoms with Crippen molar-refractivity contribution in [2.75, 3.05) is 10.6 Å². The summed E-state index contributed by atoms with van der Waals surface area (Å²) in [5.74, 6) is -1.28. The number of hydrogen-bond acceptors (Lipinski definition) is 5. The average Bonchev–Trinajstić information content (AvgIpc) is 3.29. The van der Waals surface area contributed by atoms with Crippen LogP contribution in [0.3, 0.4) is 0 Å². The van der Waals surface area contributed by atoms with E-state index in [2.05, 4.69) is 15.6 Å². The van der Waals surface area contributed by atoms with E-state index < -0.39 is 11.7 Å². The Labute approximate surface area is 209 Å². The second-order valence-electron chi connectivity index (χ2n) is 7.23. The summed E-state index contributed by atoms with van der Waals surface area (Å²) in [4.78, 5) is 30.2. The molecule has 9 heteroatoms. The van der Waals surface area contributed by atoms with Crippen LogP contribution in [0.2, 0.25) is 5.02 Å². The fourth-order valence-corrected chi connectivity index (χ4v) is 4.86. The summed E-state index contributed by atoms with van der Waals surface area (Å²) in [6.07, 6.45) is 0. The molecular weight excluding hydrogens is 493 g/mol. The number of thiazole rings is 1. The van der Waals surface area contributed by atoms with Crippen LogP contribution in [-0.2, 0) is 4.79 Å². The third-order valence-corrected chi connectivity index (χ3v) is 7.00. The van der Waals surface area contributed by atoms with Crippen molar-refractivity contribution >= 4 is 57.3 Å². The van der Waals surface area contributed by atoms with Crippen LogP contribution in [0.15, 0.2) is 83.1 Å². The number of aromatic nitrogens is 1. The molecule has 3 aromatic carbocycles. The summed E-state index contributed by atoms with van der Waals surface area (Å²) in [6, 6.07) is 20.2. The molecule has 0 saturated carbocycles. The van der Waals surface area contributed by atoms with Gasteiger partial charge in [-0.2, -0.15) is 0 Å². The quantitative estimate of drug-likeness (QED) is 0.263. The van der Waals surface area contributed by atoms with Crippen molar-refractivity contribution < 1.29 is 14.0 Å². The molecule has 0 saturated heterocycles. The predicted octanol–water partition coefficient (Wildman–Crippen LogP) is 6.97. The zero-order chi connectivity index (χ0) is 24.1. The summed E-state index contributed by atoms with van der Waals surface area (Å²) in [5.41, 5.74) is 2.03. The van der Waals surface area contributed by atoms with Gasteiger partial charge in [-0.15, -0.1) is 23.1 Å². The van der Waals surface area contributed by atoms with Gasteiger partial charge < -0.3 is 10.6 Å². The lowest BCUT2D eigenvalue weighted by molar-refractivity contribution is -0.115. The van der Waals surface area contributed by atoms with Gasteiger partial charge in [-0.1, -0.05) is 41.9 Å². The lowest BCUT2D eigenvalue weighted by Gasteiger charge is -2.11. The Hall–Kier alpha value is -3.20. The number of rotatable bonds is 7. The van der Waals surface area contributed by atoms with Crippen LogP contribution in [0.1, 0.15) is 17.3 Å². The highest BCUT2D eigenvalue weighted by Gasteiger charge is 2.17. The molecule has 1 heterocycles. The highest BCUT2D eigenvalue weighted by atomic mass is 35.5. The molecule has 0 fully saturated rings. The van der Waals surface area contributed by atoms with E-state index in [4.69, 9.17) is 11.6 Å². The minimum absolute atomic E-state index is 0.0221. The van der Waals surface area contributed by atoms with Crippen molar-refractivity contribution in [3.05, 3.63) is 94.6 Å². The lowest BCUT2D eigenvalue weighted by atomic mass is 10.2. The van der Waals surface area contributed by atoms with Crippen LogP contribution in [0, 0.1) is 5.82 Å². The van der Waals surface area contributed by atoms with Gasteiger partial charge in [-0.25, -0.2) is 9.37 Å². The van der Waals surface area contributed by atoms with Crippen molar-refractivity contribution in [3.63, 3.8) is 0 Å². The molecule has 0 spiro atoms. The van der Waals surface area contributed by atoms with Crippen molar-refractivity contribution in [1.29, 1.82) is 0 Å². The number of carbonyl (C=O) groups is 2. The number of nitrogens with zero attached hydrogens (tertiary/aromatic N) is 1. The second-order valence-corrected chi connectivity index (χ2v) is 9.90. The molecule has 0 bridgehead atoms. The summed E-state index contributed by atoms with van der Waals surface area (Å²) in [6.45, 7) is 1.80. The van der Waals surface area contributed by atoms with Crippen LogP contribution in [0.25, 0.3) is 11.3 Å². The Morgan fingerprint density at radius 1 is 1.00 bits per heavy atom. The fraction of sp³-hybridized carbons (Fsp3) is 0.0800. The van der Waals surface area contributed by atoms with Gasteiger partial charge in [0.15, 0.2) is 5.13 Å². The Kier molecular flexibility index (Phi) is 7.62. The van der Waals surface area contributed by atoms with E-state index in [-0.39, 0.29) is 16.7 Å². The molecule has 0 aliphatic carbocycles. The first-order chi connectivity index (χ1) is 16.4. The van der Waals surface area contributed by atoms with Crippen molar-refractivity contribution in [2.24, 2.45) is 0 Å². The monoisotopic (exact) mass is 511 g/mol. The van der Waals surface area contributed by atoms with E-state index in [1.54, 1.807) is 43.3 Å². The zero-order valence-electron chi connectivity index (χ0n) is 17.9. The number of amides is 2. The normalized spacial score (nSPS) is 11.6. The van der Waals surface area contributed by atoms with Crippen LogP contribution in [0.4, 0.5) is 15.2 Å². The molecule has 1 aromatic heterocycles. The highest BCUT2D eigenvalue weighted by Crippen LogP contribution is 2.31. The summed E-state index contributed by atoms with van der Waals surface area (Å²) < 4.78 is 13.8. The van der Waals surface area contributed by atoms with Crippen LogP contribution >= 0.6 is 34.7 Å². The molecule has 0 aliphatic rings. The SMILES string of the molecule is CC(Sc1ccc(NC(=O)c2ccccc2F)cc1)C(=O)Nc1nc(-c2ccccc2Cl)cs1. The van der Waals surface area contributed by atoms with Gasteiger partial charge in [-0.3, -0.25) is 9.59 Å². The van der Waals surface area contributed by atoms with E-state index in [0.29, 0.717) is 21.5 Å². The molecule has 1 atom stereocenters. The Morgan fingerprint density at radius 2 is 1.71 bits per heavy atom. The summed E-state index contributed by atoms with van der Waals surface area (Å²) in [5, 5.41) is 8.08. The Bertz CT molecular complexity index is 1330. The Balaban J connectivity index is 1.33. The summed E-state index contributed by atoms with van der Waals surface area (Å²) in [7, 11) is 0. The maximum absolute atomic E-state index is 13.8. The van der Waals surface area contributed by atoms with Crippen molar-refractivity contribution in [3.8, 4) is 11.3 Å². The standard InChI is InChI=1S/C25H19ClFN3O2S2/c1-15(23(31)30-25-29-22(14-33-25)18-6-2-4-8-20(18)26)34-17-12-10-16(11-13-17)28-24(32)19-7-3-5-9-21(19)27/h2-15H,1H3,(H,28,32)(H,29,30,31). The molecule has 4 rings (SSSR count). The molecule has 4 aromatic rings. The number of nitrogens with one attached hydrogen (secondary N) is 2. The lowest BCUT2D eigenvalue weighted by Crippen LogP contribution is -2.22. The van der Waals surface area contributed by atoms with Gasteiger partial charge in [-0.05, 0) is 49.4 Å². The molecule has 2 N–H and O–H groups in total. The first-order valence-corrected chi connectivity index (χ1v) is 12.4. The molecule has 5 nitrogen and oxygen atoms in total. The van der Waals surface area contributed by atoms with E-state index in [0.717, 1.165) is 10.5 Å². The number of benzene rings is 3. The number of hydrogen-bond donors (Lipinski definition) is 2. The first kappa shape index (κ1) is 23.9. The topological polar surface area (TPSA) is 71.1 Å². The fourth-order valence-electron chi connectivity index (χ4n) is 3.05. The number of halogens is 2. The Morgan fingerprint density at radius 3 is 2.44 bits per heavy atom. The largest absolute Gasteiger partial charge is 0.322 e. The maximum atomic E-state index is 13.8. The number of carbonyl (C=O) groups excluding carboxylic acids is 2. The third-order valence-electron chi connectivity index (χ3n) is 4.80. The second kappa shape index (κ2) is 10.8. The van der Waals surface area contributed by atoms with Gasteiger partial charge in [0.25, 0.3) is 5.91 Å². The minimum Gasteiger partial charge on any atom is -0.322 e. The summed E-state index contributed by atoms with van der Waals surface area (Å²) >= 11 is 8.93. The van der Waals surface area contributed by atoms with Crippen LogP contribution in [-0.4, -0.2) is 22.0 Å². The minimum atomic E-state index is -0.578. The van der Waals surface area contributed by atoms with Gasteiger partial charge in [0.05, 0.1) is 16.5 Å². The van der Waals surface area contributed by atoms with E-state index in [1.807, 2.05) is 23.6 Å². The van der Waals surface area contributed by atoms with Crippen molar-refractivity contribution in [2.45, 2.75) is 17.1 Å². The molecular formula is C25H19ClFN3O2S2. The molecule has 2 amide bonds. The van der Waals surface area contributed by atoms with E-state index >= 15 is 0 Å². The van der Waals surface area contributed by atoms with Gasteiger partial charge in [0, 0.05) is 26.5 Å². The van der Waals surface area contributed by atoms with Gasteiger partial charge >= 0.3 is 0 Å². The molecule has 172 valence electrons. The molecule has 34 heavy (non-hydrogen) atoms. The van der Waals surface area contributed by atoms with Crippen LogP contribution in [0.5, 0.6) is 0 Å². The van der Waals surface area contributed by atoms with E-state index in [1.165, 1.54) is 41.3 Å².